The lowest BCUT2D eigenvalue weighted by Gasteiger charge is -2.33. The number of anilines is 1. The third-order valence-electron chi connectivity index (χ3n) is 5.30. The Morgan fingerprint density at radius 3 is 2.97 bits per heavy atom. The van der Waals surface area contributed by atoms with Gasteiger partial charge in [0, 0.05) is 37.8 Å². The number of halogens is 1. The van der Waals surface area contributed by atoms with E-state index in [1.165, 1.54) is 6.07 Å². The molecule has 30 heavy (non-hydrogen) atoms. The van der Waals surface area contributed by atoms with Crippen LogP contribution in [0.1, 0.15) is 31.2 Å². The second-order valence-corrected chi connectivity index (χ2v) is 7.33. The third-order valence-corrected chi connectivity index (χ3v) is 5.30. The number of carbonyl (C=O) groups excluding carboxylic acids is 1. The Bertz CT molecular complexity index is 1020. The summed E-state index contributed by atoms with van der Waals surface area (Å²) in [6.07, 6.45) is 4.03. The number of benzene rings is 1. The Morgan fingerprint density at radius 1 is 1.30 bits per heavy atom. The maximum absolute atomic E-state index is 13.8. The molecule has 3 heterocycles. The molecule has 3 aromatic rings. The van der Waals surface area contributed by atoms with E-state index in [9.17, 15) is 9.18 Å². The predicted octanol–water partition coefficient (Wildman–Crippen LogP) is 3.37. The third kappa shape index (κ3) is 4.32. The summed E-state index contributed by atoms with van der Waals surface area (Å²) < 4.78 is 19.1. The van der Waals surface area contributed by atoms with Crippen LogP contribution in [0.2, 0.25) is 0 Å². The van der Waals surface area contributed by atoms with Gasteiger partial charge in [-0.25, -0.2) is 9.37 Å². The molecule has 1 atom stereocenters. The van der Waals surface area contributed by atoms with Crippen LogP contribution in [0.15, 0.2) is 47.1 Å². The van der Waals surface area contributed by atoms with Crippen molar-refractivity contribution in [1.29, 1.82) is 0 Å². The maximum atomic E-state index is 13.8. The van der Waals surface area contributed by atoms with Crippen molar-refractivity contribution in [3.05, 3.63) is 59.9 Å². The van der Waals surface area contributed by atoms with Gasteiger partial charge in [-0.05, 0) is 31.0 Å². The molecule has 4 rings (SSSR count). The van der Waals surface area contributed by atoms with Crippen LogP contribution in [0.5, 0.6) is 0 Å². The van der Waals surface area contributed by atoms with Crippen molar-refractivity contribution in [2.45, 2.75) is 32.7 Å². The molecular weight excluding hydrogens is 385 g/mol. The van der Waals surface area contributed by atoms with Gasteiger partial charge < -0.3 is 14.7 Å². The lowest BCUT2D eigenvalue weighted by Crippen LogP contribution is -2.43. The Kier molecular flexibility index (Phi) is 6.02. The lowest BCUT2D eigenvalue weighted by atomic mass is 9.96. The van der Waals surface area contributed by atoms with Gasteiger partial charge in [0.1, 0.15) is 11.6 Å². The van der Waals surface area contributed by atoms with E-state index >= 15 is 0 Å². The second kappa shape index (κ2) is 9.02. The van der Waals surface area contributed by atoms with Crippen molar-refractivity contribution < 1.29 is 13.7 Å². The largest absolute Gasteiger partial charge is 0.355 e. The summed E-state index contributed by atoms with van der Waals surface area (Å²) in [6.45, 7) is 3.46. The summed E-state index contributed by atoms with van der Waals surface area (Å²) in [5.41, 5.74) is 1.27. The molecule has 1 N–H and O–H groups in total. The molecule has 0 saturated carbocycles. The van der Waals surface area contributed by atoms with Crippen molar-refractivity contribution in [3.8, 4) is 11.4 Å². The van der Waals surface area contributed by atoms with Crippen LogP contribution in [0.4, 0.5) is 10.2 Å². The van der Waals surface area contributed by atoms with Crippen molar-refractivity contribution in [2.24, 2.45) is 5.92 Å². The predicted molar refractivity (Wildman–Crippen MR) is 110 cm³/mol. The highest BCUT2D eigenvalue weighted by Crippen LogP contribution is 2.30. The lowest BCUT2D eigenvalue weighted by molar-refractivity contribution is -0.125. The highest BCUT2D eigenvalue weighted by molar-refractivity contribution is 5.80. The number of piperidine rings is 1. The fourth-order valence-electron chi connectivity index (χ4n) is 3.68. The SMILES string of the molecule is CCc1nc(-c2cccnc2N2CCC[C@@H](C(=O)NCc3ccccc3F)C2)no1. The number of carbonyl (C=O) groups is 1. The Balaban J connectivity index is 1.46. The monoisotopic (exact) mass is 409 g/mol. The number of nitrogens with one attached hydrogen (secondary N) is 1. The van der Waals surface area contributed by atoms with E-state index in [4.69, 9.17) is 4.52 Å². The van der Waals surface area contributed by atoms with Crippen LogP contribution in [0.3, 0.4) is 0 Å². The van der Waals surface area contributed by atoms with E-state index in [0.29, 0.717) is 30.2 Å². The van der Waals surface area contributed by atoms with Crippen LogP contribution in [0, 0.1) is 11.7 Å². The van der Waals surface area contributed by atoms with E-state index in [1.807, 2.05) is 19.1 Å². The number of hydrogen-bond acceptors (Lipinski definition) is 6. The smallest absolute Gasteiger partial charge is 0.226 e. The first-order valence-electron chi connectivity index (χ1n) is 10.2. The minimum absolute atomic E-state index is 0.0757. The van der Waals surface area contributed by atoms with Crippen molar-refractivity contribution >= 4 is 11.7 Å². The minimum atomic E-state index is -0.312. The van der Waals surface area contributed by atoms with E-state index in [2.05, 4.69) is 25.3 Å². The molecule has 8 heteroatoms. The van der Waals surface area contributed by atoms with Crippen LogP contribution in [-0.2, 0) is 17.8 Å². The molecule has 1 saturated heterocycles. The molecule has 0 spiro atoms. The first kappa shape index (κ1) is 20.0. The Labute approximate surface area is 174 Å². The highest BCUT2D eigenvalue weighted by atomic mass is 19.1. The molecule has 1 amide bonds. The number of rotatable bonds is 6. The summed E-state index contributed by atoms with van der Waals surface area (Å²) >= 11 is 0. The molecule has 1 fully saturated rings. The number of hydrogen-bond donors (Lipinski definition) is 1. The molecule has 1 aromatic carbocycles. The van der Waals surface area contributed by atoms with Gasteiger partial charge in [-0.15, -0.1) is 0 Å². The first-order valence-corrected chi connectivity index (χ1v) is 10.2. The second-order valence-electron chi connectivity index (χ2n) is 7.33. The molecule has 0 radical (unpaired) electrons. The van der Waals surface area contributed by atoms with Gasteiger partial charge in [0.05, 0.1) is 11.5 Å². The molecule has 0 bridgehead atoms. The minimum Gasteiger partial charge on any atom is -0.355 e. The fraction of sp³-hybridized carbons (Fsp3) is 0.364. The number of nitrogens with zero attached hydrogens (tertiary/aromatic N) is 4. The van der Waals surface area contributed by atoms with Gasteiger partial charge in [0.15, 0.2) is 0 Å². The Morgan fingerprint density at radius 2 is 2.17 bits per heavy atom. The normalized spacial score (nSPS) is 16.5. The van der Waals surface area contributed by atoms with Crippen molar-refractivity contribution in [1.82, 2.24) is 20.4 Å². The van der Waals surface area contributed by atoms with Gasteiger partial charge >= 0.3 is 0 Å². The molecular formula is C22H24FN5O2. The zero-order valence-electron chi connectivity index (χ0n) is 16.8. The molecule has 2 aromatic heterocycles. The molecule has 0 unspecified atom stereocenters. The standard InChI is InChI=1S/C22H24FN5O2/c1-2-19-26-20(27-30-19)17-9-5-11-24-21(17)28-12-6-8-16(14-28)22(29)25-13-15-7-3-4-10-18(15)23/h3-5,7,9-11,16H,2,6,8,12-14H2,1H3,(H,25,29)/t16-/m1/s1. The fourth-order valence-corrected chi connectivity index (χ4v) is 3.68. The topological polar surface area (TPSA) is 84.2 Å². The van der Waals surface area contributed by atoms with Gasteiger partial charge in [-0.2, -0.15) is 4.98 Å². The molecule has 0 aliphatic carbocycles. The quantitative estimate of drug-likeness (QED) is 0.672. The van der Waals surface area contributed by atoms with Crippen molar-refractivity contribution in [2.75, 3.05) is 18.0 Å². The van der Waals surface area contributed by atoms with Crippen LogP contribution in [0.25, 0.3) is 11.4 Å². The number of amides is 1. The molecule has 1 aliphatic rings. The van der Waals surface area contributed by atoms with Crippen molar-refractivity contribution in [3.63, 3.8) is 0 Å². The summed E-state index contributed by atoms with van der Waals surface area (Å²) in [6, 6.07) is 10.2. The average molecular weight is 409 g/mol. The van der Waals surface area contributed by atoms with E-state index in [1.54, 1.807) is 24.4 Å². The Hall–Kier alpha value is -3.29. The zero-order chi connectivity index (χ0) is 20.9. The van der Waals surface area contributed by atoms with E-state index < -0.39 is 0 Å². The van der Waals surface area contributed by atoms with Crippen LogP contribution >= 0.6 is 0 Å². The molecule has 156 valence electrons. The van der Waals surface area contributed by atoms with Gasteiger partial charge in [-0.3, -0.25) is 4.79 Å². The van der Waals surface area contributed by atoms with Crippen LogP contribution < -0.4 is 10.2 Å². The summed E-state index contributed by atoms with van der Waals surface area (Å²) in [7, 11) is 0. The maximum Gasteiger partial charge on any atom is 0.226 e. The van der Waals surface area contributed by atoms with E-state index in [0.717, 1.165) is 30.8 Å². The number of pyridine rings is 1. The van der Waals surface area contributed by atoms with Gasteiger partial charge in [0.2, 0.25) is 17.6 Å². The van der Waals surface area contributed by atoms with Gasteiger partial charge in [0.25, 0.3) is 0 Å². The zero-order valence-corrected chi connectivity index (χ0v) is 16.8. The molecule has 7 nitrogen and oxygen atoms in total. The summed E-state index contributed by atoms with van der Waals surface area (Å²) in [5, 5.41) is 6.94. The summed E-state index contributed by atoms with van der Waals surface area (Å²) in [5.74, 6) is 1.23. The van der Waals surface area contributed by atoms with Crippen LogP contribution in [-0.4, -0.2) is 34.1 Å². The first-order chi connectivity index (χ1) is 14.7. The molecule has 1 aliphatic heterocycles. The average Bonchev–Trinajstić information content (AvgIpc) is 3.28. The number of aryl methyl sites for hydroxylation is 1. The van der Waals surface area contributed by atoms with E-state index in [-0.39, 0.29) is 24.2 Å². The highest BCUT2D eigenvalue weighted by Gasteiger charge is 2.28. The summed E-state index contributed by atoms with van der Waals surface area (Å²) in [4.78, 5) is 23.8. The number of aromatic nitrogens is 3. The van der Waals surface area contributed by atoms with Gasteiger partial charge in [-0.1, -0.05) is 30.3 Å².